The first-order valence-corrected chi connectivity index (χ1v) is 6.08. The Morgan fingerprint density at radius 3 is 1.21 bits per heavy atom. The van der Waals surface area contributed by atoms with Crippen molar-refractivity contribution in [2.45, 2.75) is 57.7 Å². The Kier molecular flexibility index (Phi) is 27.4. The minimum atomic E-state index is -0.750. The maximum atomic E-state index is 9.44. The van der Waals surface area contributed by atoms with E-state index in [2.05, 4.69) is 13.8 Å². The van der Waals surface area contributed by atoms with Gasteiger partial charge < -0.3 is 4.79 Å². The third kappa shape index (κ3) is 133. The summed E-state index contributed by atoms with van der Waals surface area (Å²) in [6, 6.07) is 0. The number of carbonyl (C=O) groups is 1. The van der Waals surface area contributed by atoms with E-state index in [4.69, 9.17) is 34.8 Å². The van der Waals surface area contributed by atoms with Crippen molar-refractivity contribution in [3.8, 4) is 0 Å². The maximum Gasteiger partial charge on any atom is 0.180 e. The summed E-state index contributed by atoms with van der Waals surface area (Å²) in [7, 11) is 0. The Morgan fingerprint density at radius 2 is 1.14 bits per heavy atom. The second-order valence-electron chi connectivity index (χ2n) is 2.86. The highest BCUT2D eigenvalue weighted by molar-refractivity contribution is 6.63. The monoisotopic (exact) mass is 262 g/mol. The number of rotatable bonds is 3. The predicted molar refractivity (Wildman–Crippen MR) is 67.5 cm³/mol. The maximum absolute atomic E-state index is 9.44. The summed E-state index contributed by atoms with van der Waals surface area (Å²) in [5.41, 5.74) is 0. The van der Waals surface area contributed by atoms with Gasteiger partial charge in [-0.25, -0.2) is 0 Å². The Balaban J connectivity index is -0.000000135. The lowest BCUT2D eigenvalue weighted by molar-refractivity contribution is -0.114. The van der Waals surface area contributed by atoms with Gasteiger partial charge in [-0.05, 0) is 13.8 Å². The fraction of sp³-hybridized carbons (Fsp3) is 0.900. The van der Waals surface area contributed by atoms with Crippen LogP contribution in [0.2, 0.25) is 0 Å². The van der Waals surface area contributed by atoms with Gasteiger partial charge in [0, 0.05) is 0 Å². The van der Waals surface area contributed by atoms with Crippen LogP contribution in [-0.2, 0) is 4.79 Å². The van der Waals surface area contributed by atoms with E-state index in [1.807, 2.05) is 0 Å². The molecule has 0 aliphatic heterocycles. The molecule has 0 heterocycles. The fourth-order valence-corrected chi connectivity index (χ4v) is 0.500. The standard InChI is InChI=1S/C6H14.C3H6O.CHCl3/c1-3-5-6-4-2;1-3(2)4;2-1(3)4/h3-6H2,1-2H3;1-2H3;1H. The normalized spacial score (nSPS) is 8.29. The van der Waals surface area contributed by atoms with Crippen LogP contribution in [0.25, 0.3) is 0 Å². The van der Waals surface area contributed by atoms with E-state index in [1.54, 1.807) is 0 Å². The molecule has 88 valence electrons. The SMILES string of the molecule is CC(C)=O.CCCCCC.ClC(Cl)Cl. The highest BCUT2D eigenvalue weighted by Crippen LogP contribution is 2.03. The average molecular weight is 264 g/mol. The summed E-state index contributed by atoms with van der Waals surface area (Å²) in [4.78, 5) is 9.44. The molecule has 0 aromatic rings. The first-order chi connectivity index (χ1) is 6.38. The topological polar surface area (TPSA) is 17.1 Å². The van der Waals surface area contributed by atoms with E-state index in [0.29, 0.717) is 0 Å². The van der Waals surface area contributed by atoms with Crippen molar-refractivity contribution in [1.82, 2.24) is 0 Å². The molecule has 0 amide bonds. The predicted octanol–water partition coefficient (Wildman–Crippen LogP) is 5.17. The number of alkyl halides is 3. The van der Waals surface area contributed by atoms with Crippen molar-refractivity contribution in [1.29, 1.82) is 0 Å². The highest BCUT2D eigenvalue weighted by Gasteiger charge is 1.79. The van der Waals surface area contributed by atoms with E-state index in [0.717, 1.165) is 0 Å². The number of carbonyl (C=O) groups excluding carboxylic acids is 1. The molecule has 0 fully saturated rings. The van der Waals surface area contributed by atoms with Gasteiger partial charge in [-0.1, -0.05) is 74.3 Å². The van der Waals surface area contributed by atoms with Crippen LogP contribution in [0.5, 0.6) is 0 Å². The van der Waals surface area contributed by atoms with Gasteiger partial charge in [-0.15, -0.1) is 0 Å². The summed E-state index contributed by atoms with van der Waals surface area (Å²) in [5, 5.41) is 0. The Labute approximate surface area is 103 Å². The molecule has 0 N–H and O–H groups in total. The van der Waals surface area contributed by atoms with E-state index < -0.39 is 4.30 Å². The first kappa shape index (κ1) is 20.0. The van der Waals surface area contributed by atoms with Crippen molar-refractivity contribution in [2.24, 2.45) is 0 Å². The number of hydrogen-bond acceptors (Lipinski definition) is 1. The second-order valence-corrected chi connectivity index (χ2v) is 4.84. The highest BCUT2D eigenvalue weighted by atomic mass is 35.6. The van der Waals surface area contributed by atoms with Crippen LogP contribution < -0.4 is 0 Å². The molecule has 0 saturated carbocycles. The molecular formula is C10H21Cl3O. The first-order valence-electron chi connectivity index (χ1n) is 4.77. The lowest BCUT2D eigenvalue weighted by atomic mass is 10.2. The van der Waals surface area contributed by atoms with Crippen LogP contribution in [-0.4, -0.2) is 10.1 Å². The van der Waals surface area contributed by atoms with E-state index in [9.17, 15) is 4.79 Å². The molecule has 14 heavy (non-hydrogen) atoms. The van der Waals surface area contributed by atoms with Gasteiger partial charge in [-0.2, -0.15) is 0 Å². The molecule has 0 atom stereocenters. The number of hydrogen-bond donors (Lipinski definition) is 0. The fourth-order valence-electron chi connectivity index (χ4n) is 0.500. The molecule has 0 radical (unpaired) electrons. The Hall–Kier alpha value is 0.540. The second kappa shape index (κ2) is 19.2. The van der Waals surface area contributed by atoms with Gasteiger partial charge in [0.05, 0.1) is 0 Å². The molecule has 0 aromatic heterocycles. The van der Waals surface area contributed by atoms with Gasteiger partial charge in [-0.3, -0.25) is 0 Å². The van der Waals surface area contributed by atoms with Crippen molar-refractivity contribution in [2.75, 3.05) is 0 Å². The molecule has 1 nitrogen and oxygen atoms in total. The molecule has 0 bridgehead atoms. The zero-order chi connectivity index (χ0) is 12.0. The lowest BCUT2D eigenvalue weighted by Crippen LogP contribution is -1.69. The third-order valence-electron chi connectivity index (χ3n) is 0.957. The van der Waals surface area contributed by atoms with Crippen molar-refractivity contribution in [3.63, 3.8) is 0 Å². The Morgan fingerprint density at radius 1 is 1.00 bits per heavy atom. The molecule has 0 unspecified atom stereocenters. The van der Waals surface area contributed by atoms with Crippen molar-refractivity contribution >= 4 is 40.6 Å². The lowest BCUT2D eigenvalue weighted by Gasteiger charge is -1.86. The molecular weight excluding hydrogens is 242 g/mol. The van der Waals surface area contributed by atoms with Crippen LogP contribution in [0.1, 0.15) is 53.4 Å². The zero-order valence-corrected chi connectivity index (χ0v) is 11.7. The smallest absolute Gasteiger partial charge is 0.180 e. The molecule has 0 saturated heterocycles. The van der Waals surface area contributed by atoms with Crippen LogP contribution >= 0.6 is 34.8 Å². The van der Waals surface area contributed by atoms with Gasteiger partial charge >= 0.3 is 0 Å². The summed E-state index contributed by atoms with van der Waals surface area (Å²) in [6.07, 6.45) is 5.54. The molecule has 0 aliphatic carbocycles. The van der Waals surface area contributed by atoms with Gasteiger partial charge in [0.2, 0.25) is 0 Å². The zero-order valence-electron chi connectivity index (χ0n) is 9.45. The largest absolute Gasteiger partial charge is 0.300 e. The van der Waals surface area contributed by atoms with E-state index >= 15 is 0 Å². The summed E-state index contributed by atoms with van der Waals surface area (Å²) >= 11 is 14.4. The van der Waals surface area contributed by atoms with Gasteiger partial charge in [0.25, 0.3) is 0 Å². The van der Waals surface area contributed by atoms with Crippen LogP contribution in [0.4, 0.5) is 0 Å². The van der Waals surface area contributed by atoms with Crippen LogP contribution in [0.15, 0.2) is 0 Å². The molecule has 0 rings (SSSR count). The summed E-state index contributed by atoms with van der Waals surface area (Å²) in [6.45, 7) is 7.52. The quantitative estimate of drug-likeness (QED) is 0.507. The van der Waals surface area contributed by atoms with Crippen molar-refractivity contribution in [3.05, 3.63) is 0 Å². The Bertz CT molecular complexity index is 94.8. The minimum Gasteiger partial charge on any atom is -0.300 e. The third-order valence-corrected chi connectivity index (χ3v) is 0.957. The molecule has 0 aromatic carbocycles. The van der Waals surface area contributed by atoms with Crippen LogP contribution in [0.3, 0.4) is 0 Å². The summed E-state index contributed by atoms with van der Waals surface area (Å²) < 4.78 is -0.750. The van der Waals surface area contributed by atoms with E-state index in [1.165, 1.54) is 39.5 Å². The molecule has 0 spiro atoms. The van der Waals surface area contributed by atoms with Gasteiger partial charge in [0.1, 0.15) is 5.78 Å². The number of Topliss-reactive ketones (excluding diaryl/α,β-unsaturated/α-hetero) is 1. The molecule has 4 heteroatoms. The average Bonchev–Trinajstić information content (AvgIpc) is 1.98. The number of halogens is 3. The number of ketones is 1. The molecule has 0 aliphatic rings. The van der Waals surface area contributed by atoms with Gasteiger partial charge in [0.15, 0.2) is 4.30 Å². The van der Waals surface area contributed by atoms with Crippen molar-refractivity contribution < 1.29 is 4.79 Å². The van der Waals surface area contributed by atoms with Crippen LogP contribution in [0, 0.1) is 0 Å². The number of unbranched alkanes of at least 4 members (excludes halogenated alkanes) is 3. The minimum absolute atomic E-state index is 0.167. The van der Waals surface area contributed by atoms with E-state index in [-0.39, 0.29) is 5.78 Å². The summed E-state index contributed by atoms with van der Waals surface area (Å²) in [5.74, 6) is 0.167.